The summed E-state index contributed by atoms with van der Waals surface area (Å²) in [5, 5.41) is 18.4. The molecule has 0 heterocycles. The molecule has 0 spiro atoms. The Labute approximate surface area is 86.2 Å². The summed E-state index contributed by atoms with van der Waals surface area (Å²) in [6.07, 6.45) is 1.01. The SMILES string of the molecule is Cc1c(O)cc(C2(C(=O)O)CC2)cc1F. The molecule has 1 aromatic rings. The lowest BCUT2D eigenvalue weighted by Crippen LogP contribution is -2.19. The van der Waals surface area contributed by atoms with Gasteiger partial charge in [0.1, 0.15) is 11.6 Å². The molecule has 1 aliphatic rings. The number of carbonyl (C=O) groups is 1. The largest absolute Gasteiger partial charge is 0.508 e. The molecule has 2 rings (SSSR count). The zero-order valence-corrected chi connectivity index (χ0v) is 8.25. The Morgan fingerprint density at radius 1 is 1.47 bits per heavy atom. The van der Waals surface area contributed by atoms with Crippen LogP contribution in [0.2, 0.25) is 0 Å². The van der Waals surface area contributed by atoms with E-state index < -0.39 is 17.2 Å². The molecule has 3 nitrogen and oxygen atoms in total. The summed E-state index contributed by atoms with van der Waals surface area (Å²) in [6.45, 7) is 1.45. The van der Waals surface area contributed by atoms with E-state index >= 15 is 0 Å². The number of carboxylic acid groups (broad SMARTS) is 1. The number of hydrogen-bond donors (Lipinski definition) is 2. The van der Waals surface area contributed by atoms with Crippen LogP contribution < -0.4 is 0 Å². The molecule has 0 aliphatic heterocycles. The summed E-state index contributed by atoms with van der Waals surface area (Å²) >= 11 is 0. The molecule has 0 saturated heterocycles. The molecule has 0 bridgehead atoms. The molecule has 0 amide bonds. The van der Waals surface area contributed by atoms with Crippen molar-refractivity contribution in [2.75, 3.05) is 0 Å². The molecule has 0 unspecified atom stereocenters. The first-order valence-electron chi connectivity index (χ1n) is 4.70. The van der Waals surface area contributed by atoms with Gasteiger partial charge in [0.15, 0.2) is 0 Å². The number of rotatable bonds is 2. The van der Waals surface area contributed by atoms with Crippen molar-refractivity contribution >= 4 is 5.97 Å². The van der Waals surface area contributed by atoms with Crippen molar-refractivity contribution in [1.82, 2.24) is 0 Å². The third-order valence-electron chi connectivity index (χ3n) is 3.03. The predicted molar refractivity (Wildman–Crippen MR) is 51.3 cm³/mol. The quantitative estimate of drug-likeness (QED) is 0.784. The summed E-state index contributed by atoms with van der Waals surface area (Å²) in [5.41, 5.74) is -0.456. The molecule has 1 aliphatic carbocycles. The lowest BCUT2D eigenvalue weighted by molar-refractivity contribution is -0.140. The first kappa shape index (κ1) is 9.96. The maximum Gasteiger partial charge on any atom is 0.314 e. The van der Waals surface area contributed by atoms with E-state index in [0.717, 1.165) is 0 Å². The number of phenolic OH excluding ortho intramolecular Hbond substituents is 1. The minimum absolute atomic E-state index is 0.153. The van der Waals surface area contributed by atoms with Crippen LogP contribution in [0, 0.1) is 12.7 Å². The molecular formula is C11H11FO3. The Morgan fingerprint density at radius 2 is 2.07 bits per heavy atom. The molecule has 1 fully saturated rings. The van der Waals surface area contributed by atoms with Gasteiger partial charge in [0.2, 0.25) is 0 Å². The van der Waals surface area contributed by atoms with E-state index in [4.69, 9.17) is 5.11 Å². The van der Waals surface area contributed by atoms with Crippen molar-refractivity contribution in [2.45, 2.75) is 25.2 Å². The minimum Gasteiger partial charge on any atom is -0.508 e. The average Bonchev–Trinajstić information content (AvgIpc) is 2.93. The van der Waals surface area contributed by atoms with E-state index in [2.05, 4.69) is 0 Å². The Balaban J connectivity index is 2.51. The normalized spacial score (nSPS) is 17.5. The minimum atomic E-state index is -0.966. The Kier molecular flexibility index (Phi) is 1.96. The smallest absolute Gasteiger partial charge is 0.314 e. The second-order valence-corrected chi connectivity index (χ2v) is 3.99. The van der Waals surface area contributed by atoms with Gasteiger partial charge in [-0.3, -0.25) is 4.79 Å². The monoisotopic (exact) mass is 210 g/mol. The highest BCUT2D eigenvalue weighted by atomic mass is 19.1. The van der Waals surface area contributed by atoms with Crippen LogP contribution in [-0.4, -0.2) is 16.2 Å². The zero-order chi connectivity index (χ0) is 11.2. The van der Waals surface area contributed by atoms with Crippen LogP contribution in [0.4, 0.5) is 4.39 Å². The van der Waals surface area contributed by atoms with Gasteiger partial charge >= 0.3 is 5.97 Å². The summed E-state index contributed by atoms with van der Waals surface area (Å²) < 4.78 is 13.3. The van der Waals surface area contributed by atoms with Gasteiger partial charge in [0.05, 0.1) is 5.41 Å². The molecule has 1 saturated carbocycles. The fraction of sp³-hybridized carbons (Fsp3) is 0.364. The molecular weight excluding hydrogens is 199 g/mol. The molecule has 0 radical (unpaired) electrons. The van der Waals surface area contributed by atoms with Crippen molar-refractivity contribution < 1.29 is 19.4 Å². The van der Waals surface area contributed by atoms with Crippen molar-refractivity contribution in [3.05, 3.63) is 29.1 Å². The zero-order valence-electron chi connectivity index (χ0n) is 8.25. The van der Waals surface area contributed by atoms with E-state index in [-0.39, 0.29) is 11.3 Å². The molecule has 1 aromatic carbocycles. The van der Waals surface area contributed by atoms with Crippen LogP contribution in [0.5, 0.6) is 5.75 Å². The van der Waals surface area contributed by atoms with Gasteiger partial charge in [-0.15, -0.1) is 0 Å². The fourth-order valence-electron chi connectivity index (χ4n) is 1.69. The topological polar surface area (TPSA) is 57.5 Å². The first-order chi connectivity index (χ1) is 6.97. The van der Waals surface area contributed by atoms with Crippen LogP contribution in [-0.2, 0) is 10.2 Å². The molecule has 80 valence electrons. The highest BCUT2D eigenvalue weighted by Crippen LogP contribution is 2.49. The van der Waals surface area contributed by atoms with E-state index in [9.17, 15) is 14.3 Å². The van der Waals surface area contributed by atoms with Gasteiger partial charge in [0, 0.05) is 5.56 Å². The average molecular weight is 210 g/mol. The molecule has 0 atom stereocenters. The number of halogens is 1. The second kappa shape index (κ2) is 2.95. The highest BCUT2D eigenvalue weighted by Gasteiger charge is 2.52. The maximum atomic E-state index is 13.3. The summed E-state index contributed by atoms with van der Waals surface area (Å²) in [7, 11) is 0. The van der Waals surface area contributed by atoms with Crippen LogP contribution in [0.3, 0.4) is 0 Å². The molecule has 2 N–H and O–H groups in total. The maximum absolute atomic E-state index is 13.3. The number of aliphatic carboxylic acids is 1. The number of carboxylic acids is 1. The van der Waals surface area contributed by atoms with E-state index in [1.165, 1.54) is 19.1 Å². The Bertz CT molecular complexity index is 412. The number of benzene rings is 1. The first-order valence-corrected chi connectivity index (χ1v) is 4.70. The van der Waals surface area contributed by atoms with Gasteiger partial charge in [-0.1, -0.05) is 0 Å². The van der Waals surface area contributed by atoms with Gasteiger partial charge in [-0.25, -0.2) is 4.39 Å². The lowest BCUT2D eigenvalue weighted by Gasteiger charge is -2.12. The van der Waals surface area contributed by atoms with Crippen molar-refractivity contribution in [3.63, 3.8) is 0 Å². The molecule has 4 heteroatoms. The van der Waals surface area contributed by atoms with Gasteiger partial charge in [-0.05, 0) is 37.5 Å². The van der Waals surface area contributed by atoms with Crippen molar-refractivity contribution in [1.29, 1.82) is 0 Å². The van der Waals surface area contributed by atoms with Crippen LogP contribution in [0.25, 0.3) is 0 Å². The summed E-state index contributed by atoms with van der Waals surface area (Å²) in [4.78, 5) is 11.0. The summed E-state index contributed by atoms with van der Waals surface area (Å²) in [5.74, 6) is -1.69. The molecule has 0 aromatic heterocycles. The standard InChI is InChI=1S/C11H11FO3/c1-6-8(12)4-7(5-9(6)13)11(2-3-11)10(14)15/h4-5,13H,2-3H2,1H3,(H,14,15). The number of hydrogen-bond acceptors (Lipinski definition) is 2. The van der Waals surface area contributed by atoms with Crippen LogP contribution in [0.1, 0.15) is 24.0 Å². The predicted octanol–water partition coefficient (Wildman–Crippen LogP) is 1.96. The number of phenols is 1. The van der Waals surface area contributed by atoms with Gasteiger partial charge in [-0.2, -0.15) is 0 Å². The third kappa shape index (κ3) is 1.37. The van der Waals surface area contributed by atoms with Gasteiger partial charge in [0.25, 0.3) is 0 Å². The Morgan fingerprint density at radius 3 is 2.47 bits per heavy atom. The third-order valence-corrected chi connectivity index (χ3v) is 3.03. The van der Waals surface area contributed by atoms with Crippen molar-refractivity contribution in [3.8, 4) is 5.75 Å². The lowest BCUT2D eigenvalue weighted by atomic mass is 9.94. The second-order valence-electron chi connectivity index (χ2n) is 3.99. The van der Waals surface area contributed by atoms with Crippen LogP contribution >= 0.6 is 0 Å². The Hall–Kier alpha value is -1.58. The highest BCUT2D eigenvalue weighted by molar-refractivity contribution is 5.85. The summed E-state index contributed by atoms with van der Waals surface area (Å²) in [6, 6.07) is 2.55. The molecule has 15 heavy (non-hydrogen) atoms. The van der Waals surface area contributed by atoms with Crippen LogP contribution in [0.15, 0.2) is 12.1 Å². The number of aromatic hydroxyl groups is 1. The van der Waals surface area contributed by atoms with Crippen molar-refractivity contribution in [2.24, 2.45) is 0 Å². The van der Waals surface area contributed by atoms with E-state index in [1.54, 1.807) is 0 Å². The van der Waals surface area contributed by atoms with E-state index in [0.29, 0.717) is 18.4 Å². The van der Waals surface area contributed by atoms with Gasteiger partial charge < -0.3 is 10.2 Å². The fourth-order valence-corrected chi connectivity index (χ4v) is 1.69. The van der Waals surface area contributed by atoms with E-state index in [1.807, 2.05) is 0 Å².